The van der Waals surface area contributed by atoms with E-state index in [0.717, 1.165) is 0 Å². The number of ether oxygens (including phenoxy) is 2. The van der Waals surface area contributed by atoms with Crippen molar-refractivity contribution < 1.29 is 33.5 Å². The lowest BCUT2D eigenvalue weighted by atomic mass is 10.1. The maximum atomic E-state index is 12.8. The molecule has 190 valence electrons. The molecule has 2 heterocycles. The topological polar surface area (TPSA) is 165 Å². The van der Waals surface area contributed by atoms with Crippen molar-refractivity contribution in [3.05, 3.63) is 33.4 Å². The van der Waals surface area contributed by atoms with Crippen molar-refractivity contribution in [1.29, 1.82) is 0 Å². The van der Waals surface area contributed by atoms with Gasteiger partial charge in [0.05, 0.1) is 30.2 Å². The van der Waals surface area contributed by atoms with Crippen LogP contribution < -0.4 is 20.7 Å². The average molecular weight is 572 g/mol. The molecule has 0 aliphatic carbocycles. The number of amides is 2. The number of hydrogen-bond acceptors (Lipinski definition) is 11. The second-order valence-electron chi connectivity index (χ2n) is 7.84. The Morgan fingerprint density at radius 1 is 1.34 bits per heavy atom. The lowest BCUT2D eigenvalue weighted by Gasteiger charge is -2.19. The van der Waals surface area contributed by atoms with Gasteiger partial charge in [-0.15, -0.1) is 0 Å². The maximum Gasteiger partial charge on any atom is 0.340 e. The van der Waals surface area contributed by atoms with Crippen molar-refractivity contribution in [1.82, 2.24) is 26.1 Å². The Balaban J connectivity index is 1.89. The van der Waals surface area contributed by atoms with E-state index in [1.165, 1.54) is 24.9 Å². The molecule has 0 fully saturated rings. The van der Waals surface area contributed by atoms with Gasteiger partial charge in [-0.2, -0.15) is 16.7 Å². The number of carbonyl (C=O) groups is 3. The van der Waals surface area contributed by atoms with E-state index in [0.29, 0.717) is 12.4 Å². The van der Waals surface area contributed by atoms with Gasteiger partial charge in [0.15, 0.2) is 12.4 Å². The Morgan fingerprint density at radius 3 is 2.83 bits per heavy atom. The fourth-order valence-corrected chi connectivity index (χ4v) is 4.83. The van der Waals surface area contributed by atoms with Crippen LogP contribution in [0.15, 0.2) is 15.1 Å². The normalized spacial score (nSPS) is 17.7. The second kappa shape index (κ2) is 12.2. The van der Waals surface area contributed by atoms with Crippen molar-refractivity contribution in [3.8, 4) is 11.5 Å². The molecule has 2 amide bonds. The van der Waals surface area contributed by atoms with Crippen molar-refractivity contribution in [2.45, 2.75) is 38.2 Å². The number of fused-ring (bicyclic) bond motifs is 1. The summed E-state index contributed by atoms with van der Waals surface area (Å²) in [5, 5.41) is 22.9. The summed E-state index contributed by atoms with van der Waals surface area (Å²) in [7, 11) is 1.39. The lowest BCUT2D eigenvalue weighted by Crippen LogP contribution is -2.41. The summed E-state index contributed by atoms with van der Waals surface area (Å²) in [4.78, 5) is 41.7. The molecule has 4 N–H and O–H groups in total. The van der Waals surface area contributed by atoms with Gasteiger partial charge in [-0.3, -0.25) is 9.59 Å². The summed E-state index contributed by atoms with van der Waals surface area (Å²) in [6.45, 7) is 3.43. The summed E-state index contributed by atoms with van der Waals surface area (Å²) in [6.07, 6.45) is 0. The van der Waals surface area contributed by atoms with E-state index in [4.69, 9.17) is 14.0 Å². The van der Waals surface area contributed by atoms with Gasteiger partial charge in [0, 0.05) is 29.2 Å². The van der Waals surface area contributed by atoms with Crippen LogP contribution in [0.5, 0.6) is 11.5 Å². The van der Waals surface area contributed by atoms with Crippen LogP contribution in [0.4, 0.5) is 0 Å². The number of carbonyl (C=O) groups excluding carboxylic acids is 3. The summed E-state index contributed by atoms with van der Waals surface area (Å²) in [6, 6.07) is 0.923. The molecule has 1 aromatic carbocycles. The lowest BCUT2D eigenvalue weighted by molar-refractivity contribution is -0.128. The molecular formula is C21H26BrN5O7S. The smallest absolute Gasteiger partial charge is 0.340 e. The third-order valence-corrected chi connectivity index (χ3v) is 6.68. The van der Waals surface area contributed by atoms with Crippen molar-refractivity contribution in [2.24, 2.45) is 0 Å². The molecule has 1 aliphatic heterocycles. The molecule has 0 unspecified atom stereocenters. The molecule has 0 bridgehead atoms. The zero-order valence-corrected chi connectivity index (χ0v) is 21.7. The molecule has 0 saturated heterocycles. The highest BCUT2D eigenvalue weighted by Crippen LogP contribution is 2.39. The third-order valence-electron chi connectivity index (χ3n) is 4.84. The first-order valence-electron chi connectivity index (χ1n) is 10.6. The molecule has 0 spiro atoms. The fourth-order valence-electron chi connectivity index (χ4n) is 3.07. The van der Waals surface area contributed by atoms with E-state index in [2.05, 4.69) is 42.0 Å². The predicted molar refractivity (Wildman–Crippen MR) is 129 cm³/mol. The van der Waals surface area contributed by atoms with Gasteiger partial charge in [0.1, 0.15) is 17.5 Å². The third kappa shape index (κ3) is 7.08. The summed E-state index contributed by atoms with van der Waals surface area (Å²) >= 11 is 4.64. The molecule has 0 saturated carbocycles. The molecule has 1 aromatic heterocycles. The number of phenols is 1. The van der Waals surface area contributed by atoms with Crippen LogP contribution in [0.3, 0.4) is 0 Å². The van der Waals surface area contributed by atoms with Crippen LogP contribution in [0, 0.1) is 0 Å². The van der Waals surface area contributed by atoms with E-state index in [-0.39, 0.29) is 57.1 Å². The minimum Gasteiger partial charge on any atom is -0.507 e. The number of thioether (sulfide) groups is 1. The van der Waals surface area contributed by atoms with Gasteiger partial charge < -0.3 is 35.1 Å². The SMILES string of the molecule is COc1cc(O)c2c(c1Br)C(=O)OCC(=O)NCC(=O)N[C@H](c1nc(CNC(C)C)no1)CSC2. The van der Waals surface area contributed by atoms with Gasteiger partial charge in [-0.25, -0.2) is 4.79 Å². The summed E-state index contributed by atoms with van der Waals surface area (Å²) in [5.74, 6) is -0.844. The van der Waals surface area contributed by atoms with E-state index >= 15 is 0 Å². The number of phenolic OH excluding ortho intramolecular Hbond substituents is 1. The number of esters is 1. The van der Waals surface area contributed by atoms with Crippen molar-refractivity contribution in [3.63, 3.8) is 0 Å². The standard InChI is InChI=1S/C21H26BrN5O7S/c1-10(2)23-5-15-26-20(34-27-15)12-9-35-8-11-13(28)4-14(32-3)19(22)18(11)21(31)33-7-17(30)24-6-16(29)25-12/h4,10,12,23,28H,5-9H2,1-3H3,(H,24,30)(H,25,29)/t12-/m0/s1. The minimum absolute atomic E-state index is 0.0413. The van der Waals surface area contributed by atoms with Crippen LogP contribution >= 0.6 is 27.7 Å². The van der Waals surface area contributed by atoms with Crippen LogP contribution in [-0.4, -0.2) is 65.1 Å². The minimum atomic E-state index is -0.825. The van der Waals surface area contributed by atoms with E-state index in [1.807, 2.05) is 13.8 Å². The molecule has 14 heteroatoms. The quantitative estimate of drug-likeness (QED) is 0.383. The van der Waals surface area contributed by atoms with Crippen LogP contribution in [-0.2, 0) is 26.6 Å². The number of nitrogens with zero attached hydrogens (tertiary/aromatic N) is 2. The maximum absolute atomic E-state index is 12.8. The number of halogens is 1. The van der Waals surface area contributed by atoms with E-state index in [1.54, 1.807) is 0 Å². The average Bonchev–Trinajstić information content (AvgIpc) is 3.29. The molecule has 12 nitrogen and oxygen atoms in total. The fraction of sp³-hybridized carbons (Fsp3) is 0.476. The van der Waals surface area contributed by atoms with Gasteiger partial charge in [-0.05, 0) is 15.9 Å². The molecule has 2 aromatic rings. The van der Waals surface area contributed by atoms with Crippen LogP contribution in [0.25, 0.3) is 0 Å². The molecule has 3 rings (SSSR count). The Morgan fingerprint density at radius 2 is 2.11 bits per heavy atom. The number of cyclic esters (lactones) is 1. The molecule has 1 aliphatic rings. The van der Waals surface area contributed by atoms with Gasteiger partial charge in [-0.1, -0.05) is 19.0 Å². The number of aromatic nitrogens is 2. The van der Waals surface area contributed by atoms with E-state index < -0.39 is 30.4 Å². The largest absolute Gasteiger partial charge is 0.507 e. The number of rotatable bonds is 5. The number of nitrogens with one attached hydrogen (secondary N) is 3. The van der Waals surface area contributed by atoms with Crippen LogP contribution in [0.1, 0.15) is 47.5 Å². The van der Waals surface area contributed by atoms with Crippen molar-refractivity contribution in [2.75, 3.05) is 26.0 Å². The Kier molecular flexibility index (Phi) is 9.34. The Bertz CT molecular complexity index is 1090. The first-order chi connectivity index (χ1) is 16.7. The van der Waals surface area contributed by atoms with Crippen LogP contribution in [0.2, 0.25) is 0 Å². The molecule has 1 atom stereocenters. The number of methoxy groups -OCH3 is 1. The molecule has 35 heavy (non-hydrogen) atoms. The number of aromatic hydroxyl groups is 1. The van der Waals surface area contributed by atoms with Gasteiger partial charge >= 0.3 is 5.97 Å². The summed E-state index contributed by atoms with van der Waals surface area (Å²) < 4.78 is 16.0. The highest BCUT2D eigenvalue weighted by Gasteiger charge is 2.27. The molecule has 0 radical (unpaired) electrons. The molecular weight excluding hydrogens is 546 g/mol. The highest BCUT2D eigenvalue weighted by atomic mass is 79.9. The Hall–Kier alpha value is -2.84. The Labute approximate surface area is 214 Å². The number of benzene rings is 1. The highest BCUT2D eigenvalue weighted by molar-refractivity contribution is 9.10. The summed E-state index contributed by atoms with van der Waals surface area (Å²) in [5.41, 5.74) is 0.321. The van der Waals surface area contributed by atoms with Crippen molar-refractivity contribution >= 4 is 45.5 Å². The number of hydrogen-bond donors (Lipinski definition) is 4. The van der Waals surface area contributed by atoms with Gasteiger partial charge in [0.25, 0.3) is 5.91 Å². The first kappa shape index (κ1) is 26.8. The van der Waals surface area contributed by atoms with Gasteiger partial charge in [0.2, 0.25) is 11.8 Å². The predicted octanol–water partition coefficient (Wildman–Crippen LogP) is 1.42. The zero-order valence-electron chi connectivity index (χ0n) is 19.3. The van der Waals surface area contributed by atoms with E-state index in [9.17, 15) is 19.5 Å². The zero-order chi connectivity index (χ0) is 25.5. The second-order valence-corrected chi connectivity index (χ2v) is 9.66. The first-order valence-corrected chi connectivity index (χ1v) is 12.6. The monoisotopic (exact) mass is 571 g/mol.